The van der Waals surface area contributed by atoms with Gasteiger partial charge in [0.1, 0.15) is 0 Å². The molecule has 1 atom stereocenters. The van der Waals surface area contributed by atoms with Gasteiger partial charge in [-0.1, -0.05) is 0 Å². The fourth-order valence-electron chi connectivity index (χ4n) is 1.76. The summed E-state index contributed by atoms with van der Waals surface area (Å²) in [5.41, 5.74) is 6.07. The van der Waals surface area contributed by atoms with Crippen molar-refractivity contribution in [3.8, 4) is 11.8 Å². The zero-order valence-corrected chi connectivity index (χ0v) is 10.2. The molecule has 3 nitrogen and oxygen atoms in total. The van der Waals surface area contributed by atoms with Gasteiger partial charge in [0.2, 0.25) is 0 Å². The summed E-state index contributed by atoms with van der Waals surface area (Å²) in [6.45, 7) is 5.84. The first kappa shape index (κ1) is 12.7. The summed E-state index contributed by atoms with van der Waals surface area (Å²) in [5, 5.41) is 0. The maximum Gasteiger partial charge on any atom is 0.0470 e. The monoisotopic (exact) mass is 217 g/mol. The van der Waals surface area contributed by atoms with E-state index in [1.807, 2.05) is 20.8 Å². The number of aryl methyl sites for hydroxylation is 2. The Kier molecular flexibility index (Phi) is 4.97. The lowest BCUT2D eigenvalue weighted by Crippen LogP contribution is -2.28. The molecule has 16 heavy (non-hydrogen) atoms. The van der Waals surface area contributed by atoms with E-state index in [9.17, 15) is 0 Å². The molecule has 86 valence electrons. The van der Waals surface area contributed by atoms with Crippen LogP contribution in [0.15, 0.2) is 12.1 Å². The predicted molar refractivity (Wildman–Crippen MR) is 66.5 cm³/mol. The van der Waals surface area contributed by atoms with Crippen LogP contribution in [0.4, 0.5) is 0 Å². The van der Waals surface area contributed by atoms with E-state index in [1.54, 1.807) is 0 Å². The number of pyridine rings is 1. The Balaban J connectivity index is 2.80. The van der Waals surface area contributed by atoms with Crippen LogP contribution < -0.4 is 11.3 Å². The molecule has 1 aromatic rings. The number of rotatable bonds is 4. The van der Waals surface area contributed by atoms with Gasteiger partial charge in [0.15, 0.2) is 0 Å². The summed E-state index contributed by atoms with van der Waals surface area (Å²) < 4.78 is 0. The second-order valence-corrected chi connectivity index (χ2v) is 3.87. The van der Waals surface area contributed by atoms with Crippen molar-refractivity contribution in [3.05, 3.63) is 29.1 Å². The Hall–Kier alpha value is -1.37. The van der Waals surface area contributed by atoms with Crippen LogP contribution in [0.1, 0.15) is 42.8 Å². The summed E-state index contributed by atoms with van der Waals surface area (Å²) in [4.78, 5) is 4.35. The molecule has 0 amide bonds. The van der Waals surface area contributed by atoms with Gasteiger partial charge in [-0.2, -0.15) is 0 Å². The average Bonchev–Trinajstić information content (AvgIpc) is 2.23. The number of hydrogen-bond acceptors (Lipinski definition) is 3. The van der Waals surface area contributed by atoms with E-state index in [2.05, 4.69) is 34.4 Å². The summed E-state index contributed by atoms with van der Waals surface area (Å²) in [6, 6.07) is 4.29. The van der Waals surface area contributed by atoms with E-state index in [0.717, 1.165) is 24.2 Å². The van der Waals surface area contributed by atoms with Crippen LogP contribution in [0, 0.1) is 25.7 Å². The van der Waals surface area contributed by atoms with E-state index in [4.69, 9.17) is 5.84 Å². The molecule has 0 fully saturated rings. The third-order valence-corrected chi connectivity index (χ3v) is 2.44. The first-order chi connectivity index (χ1) is 7.67. The van der Waals surface area contributed by atoms with E-state index in [1.165, 1.54) is 5.56 Å². The molecule has 0 aliphatic rings. The van der Waals surface area contributed by atoms with Crippen LogP contribution in [0.2, 0.25) is 0 Å². The highest BCUT2D eigenvalue weighted by molar-refractivity contribution is 5.23. The van der Waals surface area contributed by atoms with Crippen LogP contribution in [0.3, 0.4) is 0 Å². The van der Waals surface area contributed by atoms with E-state index in [0.29, 0.717) is 0 Å². The van der Waals surface area contributed by atoms with Crippen LogP contribution in [-0.2, 0) is 0 Å². The summed E-state index contributed by atoms with van der Waals surface area (Å²) in [7, 11) is 0. The minimum atomic E-state index is 0.154. The largest absolute Gasteiger partial charge is 0.271 e. The fourth-order valence-corrected chi connectivity index (χ4v) is 1.76. The lowest BCUT2D eigenvalue weighted by atomic mass is 10.0. The van der Waals surface area contributed by atoms with Crippen LogP contribution in [0.25, 0.3) is 0 Å². The normalized spacial score (nSPS) is 11.8. The zero-order chi connectivity index (χ0) is 12.0. The smallest absolute Gasteiger partial charge is 0.0470 e. The average molecular weight is 217 g/mol. The van der Waals surface area contributed by atoms with Crippen molar-refractivity contribution < 1.29 is 0 Å². The molecule has 1 heterocycles. The van der Waals surface area contributed by atoms with Gasteiger partial charge in [0.25, 0.3) is 0 Å². The van der Waals surface area contributed by atoms with Crippen LogP contribution in [0.5, 0.6) is 0 Å². The predicted octanol–water partition coefficient (Wildman–Crippen LogP) is 2.01. The molecule has 0 saturated carbocycles. The number of hydrazine groups is 1. The first-order valence-corrected chi connectivity index (χ1v) is 5.48. The number of aromatic nitrogens is 1. The lowest BCUT2D eigenvalue weighted by Gasteiger charge is -2.16. The molecule has 0 aliphatic heterocycles. The molecule has 1 unspecified atom stereocenters. The highest BCUT2D eigenvalue weighted by Crippen LogP contribution is 2.18. The standard InChI is InChI=1S/C13H19N3/c1-4-5-6-7-13(16-14)12-8-10(2)15-11(3)9-12/h8-9,13,16H,6-7,14H2,1-3H3. The SMILES string of the molecule is CC#CCCC(NN)c1cc(C)nc(C)c1. The minimum absolute atomic E-state index is 0.154. The second kappa shape index (κ2) is 6.26. The number of nitrogens with two attached hydrogens (primary N) is 1. The number of hydrogen-bond donors (Lipinski definition) is 2. The molecule has 3 N–H and O–H groups in total. The van der Waals surface area contributed by atoms with E-state index in [-0.39, 0.29) is 6.04 Å². The van der Waals surface area contributed by atoms with Crippen molar-refractivity contribution >= 4 is 0 Å². The molecule has 0 radical (unpaired) electrons. The van der Waals surface area contributed by atoms with Gasteiger partial charge >= 0.3 is 0 Å². The van der Waals surface area contributed by atoms with Crippen LogP contribution >= 0.6 is 0 Å². The van der Waals surface area contributed by atoms with Crippen molar-refractivity contribution in [1.82, 2.24) is 10.4 Å². The third kappa shape index (κ3) is 3.65. The molecule has 0 saturated heterocycles. The van der Waals surface area contributed by atoms with Gasteiger partial charge in [-0.25, -0.2) is 0 Å². The van der Waals surface area contributed by atoms with Gasteiger partial charge in [-0.15, -0.1) is 11.8 Å². The van der Waals surface area contributed by atoms with Crippen molar-refractivity contribution in [2.75, 3.05) is 0 Å². The lowest BCUT2D eigenvalue weighted by molar-refractivity contribution is 0.522. The topological polar surface area (TPSA) is 50.9 Å². The first-order valence-electron chi connectivity index (χ1n) is 5.48. The summed E-state index contributed by atoms with van der Waals surface area (Å²) in [6.07, 6.45) is 1.77. The van der Waals surface area contributed by atoms with Gasteiger partial charge in [0, 0.05) is 23.9 Å². The van der Waals surface area contributed by atoms with Gasteiger partial charge in [-0.3, -0.25) is 16.3 Å². The Labute approximate surface area is 97.4 Å². The number of nitrogens with zero attached hydrogens (tertiary/aromatic N) is 1. The zero-order valence-electron chi connectivity index (χ0n) is 10.2. The molecular weight excluding hydrogens is 198 g/mol. The highest BCUT2D eigenvalue weighted by Gasteiger charge is 2.09. The van der Waals surface area contributed by atoms with Gasteiger partial charge in [0.05, 0.1) is 0 Å². The molecule has 0 aliphatic carbocycles. The molecule has 0 bridgehead atoms. The summed E-state index contributed by atoms with van der Waals surface area (Å²) >= 11 is 0. The van der Waals surface area contributed by atoms with Crippen molar-refractivity contribution in [2.24, 2.45) is 5.84 Å². The molecule has 3 heteroatoms. The molecule has 0 aromatic carbocycles. The molecule has 1 rings (SSSR count). The Morgan fingerprint density at radius 3 is 2.50 bits per heavy atom. The van der Waals surface area contributed by atoms with Gasteiger partial charge in [-0.05, 0) is 44.9 Å². The van der Waals surface area contributed by atoms with Crippen LogP contribution in [-0.4, -0.2) is 4.98 Å². The third-order valence-electron chi connectivity index (χ3n) is 2.44. The van der Waals surface area contributed by atoms with Crippen molar-refractivity contribution in [3.63, 3.8) is 0 Å². The Morgan fingerprint density at radius 1 is 1.38 bits per heavy atom. The van der Waals surface area contributed by atoms with Crippen molar-refractivity contribution in [1.29, 1.82) is 0 Å². The second-order valence-electron chi connectivity index (χ2n) is 3.87. The van der Waals surface area contributed by atoms with Crippen molar-refractivity contribution in [2.45, 2.75) is 39.7 Å². The van der Waals surface area contributed by atoms with E-state index >= 15 is 0 Å². The Bertz CT molecular complexity index is 381. The fraction of sp³-hybridized carbons (Fsp3) is 0.462. The Morgan fingerprint density at radius 2 is 2.00 bits per heavy atom. The van der Waals surface area contributed by atoms with Gasteiger partial charge < -0.3 is 0 Å². The minimum Gasteiger partial charge on any atom is -0.271 e. The molecule has 1 aromatic heterocycles. The van der Waals surface area contributed by atoms with E-state index < -0.39 is 0 Å². The quantitative estimate of drug-likeness (QED) is 0.461. The molecular formula is C13H19N3. The number of nitrogens with one attached hydrogen (secondary N) is 1. The maximum absolute atomic E-state index is 5.57. The molecule has 0 spiro atoms. The highest BCUT2D eigenvalue weighted by atomic mass is 15.2. The maximum atomic E-state index is 5.57. The summed E-state index contributed by atoms with van der Waals surface area (Å²) in [5.74, 6) is 11.5.